The van der Waals surface area contributed by atoms with E-state index >= 15 is 0 Å². The van der Waals surface area contributed by atoms with Crippen LogP contribution in [0.3, 0.4) is 0 Å². The molecule has 0 aromatic carbocycles. The molecular formula is C17H22N6O3S. The van der Waals surface area contributed by atoms with E-state index < -0.39 is 10.0 Å². The second kappa shape index (κ2) is 6.61. The zero-order valence-corrected chi connectivity index (χ0v) is 16.3. The van der Waals surface area contributed by atoms with Crippen molar-refractivity contribution in [3.63, 3.8) is 0 Å². The van der Waals surface area contributed by atoms with Crippen molar-refractivity contribution in [2.24, 2.45) is 5.92 Å². The van der Waals surface area contributed by atoms with Crippen LogP contribution >= 0.6 is 0 Å². The number of aromatic nitrogens is 4. The SMILES string of the molecule is Cc1oncc1S(=O)(=O)N1CC[C@@H](C)[C@@H](N(C)c2ncnc3[nH]ccc23)C1. The van der Waals surface area contributed by atoms with Crippen LogP contribution in [0.2, 0.25) is 0 Å². The van der Waals surface area contributed by atoms with E-state index in [0.29, 0.717) is 24.8 Å². The molecule has 9 nitrogen and oxygen atoms in total. The Morgan fingerprint density at radius 3 is 2.93 bits per heavy atom. The lowest BCUT2D eigenvalue weighted by molar-refractivity contribution is 0.247. The molecule has 0 spiro atoms. The Balaban J connectivity index is 1.65. The van der Waals surface area contributed by atoms with E-state index in [1.165, 1.54) is 16.8 Å². The van der Waals surface area contributed by atoms with Crippen molar-refractivity contribution in [3.05, 3.63) is 30.5 Å². The Bertz CT molecular complexity index is 1060. The van der Waals surface area contributed by atoms with Crippen LogP contribution in [-0.2, 0) is 10.0 Å². The minimum absolute atomic E-state index is 0.0123. The van der Waals surface area contributed by atoms with Gasteiger partial charge in [-0.25, -0.2) is 18.4 Å². The molecule has 27 heavy (non-hydrogen) atoms. The average Bonchev–Trinajstić information content (AvgIpc) is 3.30. The molecule has 4 heterocycles. The normalized spacial score (nSPS) is 21.6. The van der Waals surface area contributed by atoms with Gasteiger partial charge in [0, 0.05) is 32.4 Å². The molecule has 0 amide bonds. The minimum atomic E-state index is -3.64. The van der Waals surface area contributed by atoms with Crippen LogP contribution in [0.4, 0.5) is 5.82 Å². The topological polar surface area (TPSA) is 108 Å². The van der Waals surface area contributed by atoms with Crippen LogP contribution in [0, 0.1) is 12.8 Å². The third kappa shape index (κ3) is 2.98. The van der Waals surface area contributed by atoms with Crippen molar-refractivity contribution in [1.29, 1.82) is 0 Å². The summed E-state index contributed by atoms with van der Waals surface area (Å²) in [4.78, 5) is 13.9. The maximum atomic E-state index is 13.0. The van der Waals surface area contributed by atoms with Gasteiger partial charge in [-0.2, -0.15) is 4.31 Å². The number of nitrogens with one attached hydrogen (secondary N) is 1. The summed E-state index contributed by atoms with van der Waals surface area (Å²) in [6, 6.07) is 1.92. The van der Waals surface area contributed by atoms with Crippen molar-refractivity contribution in [2.75, 3.05) is 25.0 Å². The highest BCUT2D eigenvalue weighted by atomic mass is 32.2. The smallest absolute Gasteiger partial charge is 0.248 e. The lowest BCUT2D eigenvalue weighted by Gasteiger charge is -2.41. The Morgan fingerprint density at radius 1 is 1.37 bits per heavy atom. The van der Waals surface area contributed by atoms with Gasteiger partial charge in [0.2, 0.25) is 10.0 Å². The first kappa shape index (κ1) is 17.9. The van der Waals surface area contributed by atoms with Crippen LogP contribution in [0.15, 0.2) is 34.2 Å². The Hall–Kier alpha value is -2.46. The second-order valence-electron chi connectivity index (χ2n) is 6.99. The molecule has 2 atom stereocenters. The number of rotatable bonds is 4. The molecule has 1 saturated heterocycles. The van der Waals surface area contributed by atoms with Crippen LogP contribution in [0.1, 0.15) is 19.1 Å². The second-order valence-corrected chi connectivity index (χ2v) is 8.90. The molecular weight excluding hydrogens is 368 g/mol. The maximum Gasteiger partial charge on any atom is 0.248 e. The van der Waals surface area contributed by atoms with Gasteiger partial charge in [-0.1, -0.05) is 12.1 Å². The van der Waals surface area contributed by atoms with E-state index in [0.717, 1.165) is 23.3 Å². The number of nitrogens with zero attached hydrogens (tertiary/aromatic N) is 5. The number of aryl methyl sites for hydroxylation is 1. The summed E-state index contributed by atoms with van der Waals surface area (Å²) in [5, 5.41) is 4.53. The number of aromatic amines is 1. The van der Waals surface area contributed by atoms with Crippen LogP contribution in [-0.4, -0.2) is 59.0 Å². The summed E-state index contributed by atoms with van der Waals surface area (Å²) >= 11 is 0. The monoisotopic (exact) mass is 390 g/mol. The van der Waals surface area contributed by atoms with E-state index in [-0.39, 0.29) is 10.9 Å². The lowest BCUT2D eigenvalue weighted by Crippen LogP contribution is -2.52. The molecule has 0 bridgehead atoms. The number of fused-ring (bicyclic) bond motifs is 1. The third-order valence-electron chi connectivity index (χ3n) is 5.37. The van der Waals surface area contributed by atoms with Crippen molar-refractivity contribution >= 4 is 26.9 Å². The number of sulfonamides is 1. The van der Waals surface area contributed by atoms with E-state index in [1.807, 2.05) is 19.3 Å². The maximum absolute atomic E-state index is 13.0. The first-order valence-electron chi connectivity index (χ1n) is 8.82. The fourth-order valence-electron chi connectivity index (χ4n) is 3.72. The molecule has 0 radical (unpaired) electrons. The Labute approximate surface area is 157 Å². The molecule has 1 aliphatic rings. The van der Waals surface area contributed by atoms with Gasteiger partial charge in [-0.15, -0.1) is 0 Å². The third-order valence-corrected chi connectivity index (χ3v) is 7.33. The number of hydrogen-bond acceptors (Lipinski definition) is 7. The molecule has 3 aromatic heterocycles. The fourth-order valence-corrected chi connectivity index (χ4v) is 5.27. The lowest BCUT2D eigenvalue weighted by atomic mass is 9.93. The van der Waals surface area contributed by atoms with Crippen molar-refractivity contribution in [3.8, 4) is 0 Å². The highest BCUT2D eigenvalue weighted by Gasteiger charge is 2.37. The summed E-state index contributed by atoms with van der Waals surface area (Å²) in [6.45, 7) is 4.60. The van der Waals surface area contributed by atoms with Crippen molar-refractivity contribution in [2.45, 2.75) is 31.2 Å². The zero-order valence-electron chi connectivity index (χ0n) is 15.5. The van der Waals surface area contributed by atoms with Crippen LogP contribution in [0.5, 0.6) is 0 Å². The highest BCUT2D eigenvalue weighted by Crippen LogP contribution is 2.31. The molecule has 10 heteroatoms. The molecule has 0 saturated carbocycles. The quantitative estimate of drug-likeness (QED) is 0.723. The predicted octanol–water partition coefficient (Wildman–Crippen LogP) is 1.79. The largest absolute Gasteiger partial charge is 0.360 e. The van der Waals surface area contributed by atoms with Gasteiger partial charge in [0.15, 0.2) is 5.76 Å². The summed E-state index contributed by atoms with van der Waals surface area (Å²) < 4.78 is 32.5. The first-order valence-corrected chi connectivity index (χ1v) is 10.3. The van der Waals surface area contributed by atoms with Gasteiger partial charge in [0.25, 0.3) is 0 Å². The fraction of sp³-hybridized carbons (Fsp3) is 0.471. The minimum Gasteiger partial charge on any atom is -0.360 e. The molecule has 3 aromatic rings. The van der Waals surface area contributed by atoms with Gasteiger partial charge in [0.05, 0.1) is 11.6 Å². The van der Waals surface area contributed by atoms with Crippen LogP contribution < -0.4 is 4.90 Å². The molecule has 1 fully saturated rings. The van der Waals surface area contributed by atoms with E-state index in [4.69, 9.17) is 4.52 Å². The molecule has 0 aliphatic carbocycles. The number of hydrogen-bond donors (Lipinski definition) is 1. The number of H-pyrrole nitrogens is 1. The number of piperidine rings is 1. The van der Waals surface area contributed by atoms with E-state index in [1.54, 1.807) is 6.92 Å². The van der Waals surface area contributed by atoms with Crippen LogP contribution in [0.25, 0.3) is 11.0 Å². The van der Waals surface area contributed by atoms with Crippen molar-refractivity contribution in [1.82, 2.24) is 24.4 Å². The van der Waals surface area contributed by atoms with Gasteiger partial charge < -0.3 is 14.4 Å². The molecule has 0 unspecified atom stereocenters. The molecule has 1 N–H and O–H groups in total. The number of likely N-dealkylation sites (N-methyl/N-ethyl adjacent to an activating group) is 1. The van der Waals surface area contributed by atoms with Gasteiger partial charge >= 0.3 is 0 Å². The first-order chi connectivity index (χ1) is 12.9. The Morgan fingerprint density at radius 2 is 2.19 bits per heavy atom. The standard InChI is InChI=1S/C17H22N6O3S/c1-11-5-7-23(27(24,25)15-8-21-26-12(15)2)9-14(11)22(3)17-13-4-6-18-16(13)19-10-20-17/h4,6,8,10-11,14H,5,7,9H2,1-3H3,(H,18,19,20)/t11-,14+/m1/s1. The summed E-state index contributed by atoms with van der Waals surface area (Å²) in [7, 11) is -1.69. The van der Waals surface area contributed by atoms with Gasteiger partial charge in [-0.3, -0.25) is 0 Å². The Kier molecular flexibility index (Phi) is 4.39. The predicted molar refractivity (Wildman–Crippen MR) is 99.9 cm³/mol. The van der Waals surface area contributed by atoms with E-state index in [9.17, 15) is 8.42 Å². The van der Waals surface area contributed by atoms with Gasteiger partial charge in [-0.05, 0) is 25.3 Å². The van der Waals surface area contributed by atoms with E-state index in [2.05, 4.69) is 31.9 Å². The molecule has 1 aliphatic heterocycles. The molecule has 144 valence electrons. The summed E-state index contributed by atoms with van der Waals surface area (Å²) in [6.07, 6.45) is 5.38. The summed E-state index contributed by atoms with van der Waals surface area (Å²) in [5.41, 5.74) is 0.764. The van der Waals surface area contributed by atoms with Crippen molar-refractivity contribution < 1.29 is 12.9 Å². The van der Waals surface area contributed by atoms with Gasteiger partial charge in [0.1, 0.15) is 22.7 Å². The highest BCUT2D eigenvalue weighted by molar-refractivity contribution is 7.89. The summed E-state index contributed by atoms with van der Waals surface area (Å²) in [5.74, 6) is 1.41. The molecule has 4 rings (SSSR count). The average molecular weight is 390 g/mol. The zero-order chi connectivity index (χ0) is 19.2. The number of anilines is 1.